The van der Waals surface area contributed by atoms with Gasteiger partial charge in [0, 0.05) is 29.6 Å². The number of carbonyl (C=O) groups is 2. The lowest BCUT2D eigenvalue weighted by atomic mass is 10.1. The van der Waals surface area contributed by atoms with Crippen molar-refractivity contribution in [3.63, 3.8) is 0 Å². The lowest BCUT2D eigenvalue weighted by Gasteiger charge is -2.16. The molecule has 38 heavy (non-hydrogen) atoms. The van der Waals surface area contributed by atoms with Crippen LogP contribution in [0.15, 0.2) is 28.8 Å². The molecule has 0 spiro atoms. The molecule has 1 saturated heterocycles. The van der Waals surface area contributed by atoms with Gasteiger partial charge >= 0.3 is 0 Å². The van der Waals surface area contributed by atoms with Crippen molar-refractivity contribution < 1.29 is 31.4 Å². The number of amides is 2. The van der Waals surface area contributed by atoms with Crippen molar-refractivity contribution in [1.82, 2.24) is 30.0 Å². The molecule has 0 radical (unpaired) electrons. The Morgan fingerprint density at radius 2 is 2.11 bits per heavy atom. The molecule has 1 aromatic carbocycles. The Morgan fingerprint density at radius 1 is 1.26 bits per heavy atom. The van der Waals surface area contributed by atoms with Crippen LogP contribution in [-0.4, -0.2) is 71.3 Å². The van der Waals surface area contributed by atoms with Crippen molar-refractivity contribution in [2.24, 2.45) is 5.92 Å². The average molecular weight is 546 g/mol. The first-order chi connectivity index (χ1) is 19.4. The van der Waals surface area contributed by atoms with Crippen LogP contribution in [-0.2, 0) is 21.4 Å². The van der Waals surface area contributed by atoms with Crippen LogP contribution in [0.3, 0.4) is 0 Å². The standard InChI is InChI=1S/C23H26N8O6S/c1-24-23(33)19-16(11-17(28-29-19)26-22(32)13-7-8-13)25-15-6-3-5-14(20(15)36-2)21-27-18(37-30-21)12-31-9-4-10-38(31,34)35/h3,5-6,11,13H,4,7-10,12H2,1-2H3,(H,24,33)(H2,25,26,28,32)/i1D3. The Bertz CT molecular complexity index is 1590. The number of methoxy groups -OCH3 is 1. The number of nitrogens with one attached hydrogen (secondary N) is 3. The molecule has 3 heterocycles. The number of nitrogens with zero attached hydrogens (tertiary/aromatic N) is 5. The lowest BCUT2D eigenvalue weighted by molar-refractivity contribution is -0.117. The molecule has 1 aliphatic heterocycles. The second kappa shape index (κ2) is 10.3. The number of rotatable bonds is 9. The minimum absolute atomic E-state index is 0.0383. The molecule has 0 bridgehead atoms. The van der Waals surface area contributed by atoms with E-state index in [-0.39, 0.29) is 58.8 Å². The Labute approximate surface area is 222 Å². The number of ether oxygens (including phenoxy) is 1. The van der Waals surface area contributed by atoms with Crippen LogP contribution in [0.4, 0.5) is 17.2 Å². The van der Waals surface area contributed by atoms with E-state index in [4.69, 9.17) is 13.4 Å². The molecule has 200 valence electrons. The van der Waals surface area contributed by atoms with Gasteiger partial charge in [-0.3, -0.25) is 9.59 Å². The van der Waals surface area contributed by atoms with Gasteiger partial charge in [0.1, 0.15) is 0 Å². The molecule has 1 aliphatic carbocycles. The third-order valence-electron chi connectivity index (χ3n) is 6.03. The van der Waals surface area contributed by atoms with E-state index in [0.29, 0.717) is 24.2 Å². The van der Waals surface area contributed by atoms with Crippen molar-refractivity contribution in [1.29, 1.82) is 0 Å². The number of aromatic nitrogens is 4. The summed E-state index contributed by atoms with van der Waals surface area (Å²) in [5.74, 6) is -0.784. The van der Waals surface area contributed by atoms with Gasteiger partial charge in [-0.1, -0.05) is 11.2 Å². The zero-order valence-corrected chi connectivity index (χ0v) is 21.0. The van der Waals surface area contributed by atoms with Gasteiger partial charge in [0.15, 0.2) is 17.3 Å². The van der Waals surface area contributed by atoms with E-state index >= 15 is 0 Å². The highest BCUT2D eigenvalue weighted by Crippen LogP contribution is 2.37. The molecule has 2 fully saturated rings. The Kier molecular flexibility index (Phi) is 5.96. The van der Waals surface area contributed by atoms with Crippen LogP contribution in [0.25, 0.3) is 11.4 Å². The zero-order valence-electron chi connectivity index (χ0n) is 23.2. The number of benzene rings is 1. The molecule has 14 nitrogen and oxygen atoms in total. The molecular weight excluding hydrogens is 516 g/mol. The zero-order chi connectivity index (χ0) is 29.4. The van der Waals surface area contributed by atoms with Gasteiger partial charge in [-0.2, -0.15) is 9.29 Å². The summed E-state index contributed by atoms with van der Waals surface area (Å²) in [4.78, 5) is 29.3. The maximum absolute atomic E-state index is 12.7. The third kappa shape index (κ3) is 5.28. The lowest BCUT2D eigenvalue weighted by Crippen LogP contribution is -2.25. The van der Waals surface area contributed by atoms with E-state index in [1.165, 1.54) is 17.5 Å². The quantitative estimate of drug-likeness (QED) is 0.354. The summed E-state index contributed by atoms with van der Waals surface area (Å²) in [6.45, 7) is -2.48. The molecule has 3 aromatic rings. The third-order valence-corrected chi connectivity index (χ3v) is 7.94. The normalized spacial score (nSPS) is 18.2. The van der Waals surface area contributed by atoms with Crippen molar-refractivity contribution in [3.05, 3.63) is 35.9 Å². The summed E-state index contributed by atoms with van der Waals surface area (Å²) >= 11 is 0. The van der Waals surface area contributed by atoms with Gasteiger partial charge in [-0.25, -0.2) is 8.42 Å². The number of para-hydroxylation sites is 1. The highest BCUT2D eigenvalue weighted by Gasteiger charge is 2.31. The number of anilines is 3. The molecule has 15 heteroatoms. The van der Waals surface area contributed by atoms with Gasteiger partial charge in [-0.05, 0) is 31.4 Å². The fraction of sp³-hybridized carbons (Fsp3) is 0.391. The number of hydrogen-bond donors (Lipinski definition) is 3. The van der Waals surface area contributed by atoms with Crippen LogP contribution in [0.2, 0.25) is 0 Å². The number of sulfonamides is 1. The summed E-state index contributed by atoms with van der Waals surface area (Å²) in [7, 11) is -1.97. The van der Waals surface area contributed by atoms with Crippen molar-refractivity contribution in [2.45, 2.75) is 25.8 Å². The van der Waals surface area contributed by atoms with E-state index in [1.807, 2.05) is 5.32 Å². The van der Waals surface area contributed by atoms with Crippen LogP contribution in [0.1, 0.15) is 39.8 Å². The van der Waals surface area contributed by atoms with E-state index < -0.39 is 22.9 Å². The SMILES string of the molecule is [2H]C([2H])([2H])NC(=O)c1nnc(NC(=O)C2CC2)cc1Nc1cccc(-c2noc(CN3CCCS3(=O)=O)n2)c1OC. The first kappa shape index (κ1) is 21.9. The predicted octanol–water partition coefficient (Wildman–Crippen LogP) is 1.52. The highest BCUT2D eigenvalue weighted by atomic mass is 32.2. The number of carbonyl (C=O) groups excluding carboxylic acids is 2. The van der Waals surface area contributed by atoms with Crippen molar-refractivity contribution in [2.75, 3.05) is 37.0 Å². The van der Waals surface area contributed by atoms with E-state index in [0.717, 1.165) is 12.8 Å². The van der Waals surface area contributed by atoms with Gasteiger partial charge < -0.3 is 25.2 Å². The number of hydrogen-bond acceptors (Lipinski definition) is 11. The topological polar surface area (TPSA) is 182 Å². The molecule has 0 atom stereocenters. The van der Waals surface area contributed by atoms with Crippen LogP contribution in [0, 0.1) is 5.92 Å². The minimum atomic E-state index is -3.36. The second-order valence-corrected chi connectivity index (χ2v) is 10.8. The summed E-state index contributed by atoms with van der Waals surface area (Å²) in [6.07, 6.45) is 2.05. The Morgan fingerprint density at radius 3 is 2.82 bits per heavy atom. The second-order valence-electron chi connectivity index (χ2n) is 8.74. The summed E-state index contributed by atoms with van der Waals surface area (Å²) in [5, 5.41) is 19.2. The van der Waals surface area contributed by atoms with Crippen LogP contribution >= 0.6 is 0 Å². The average Bonchev–Trinajstić information content (AvgIpc) is 3.57. The molecule has 1 saturated carbocycles. The van der Waals surface area contributed by atoms with Crippen molar-refractivity contribution in [3.8, 4) is 17.1 Å². The largest absolute Gasteiger partial charge is 0.494 e. The maximum Gasteiger partial charge on any atom is 0.273 e. The fourth-order valence-corrected chi connectivity index (χ4v) is 5.44. The monoisotopic (exact) mass is 545 g/mol. The van der Waals surface area contributed by atoms with Gasteiger partial charge in [0.2, 0.25) is 27.6 Å². The van der Waals surface area contributed by atoms with Crippen LogP contribution in [0.5, 0.6) is 5.75 Å². The predicted molar refractivity (Wildman–Crippen MR) is 135 cm³/mol. The highest BCUT2D eigenvalue weighted by molar-refractivity contribution is 7.89. The van der Waals surface area contributed by atoms with E-state index in [9.17, 15) is 18.0 Å². The summed E-state index contributed by atoms with van der Waals surface area (Å²) < 4.78 is 58.6. The molecule has 5 rings (SSSR count). The summed E-state index contributed by atoms with van der Waals surface area (Å²) in [5.41, 5.74) is 0.395. The smallest absolute Gasteiger partial charge is 0.273 e. The van der Waals surface area contributed by atoms with Crippen LogP contribution < -0.4 is 20.7 Å². The molecule has 3 N–H and O–H groups in total. The van der Waals surface area contributed by atoms with Gasteiger partial charge in [-0.15, -0.1) is 10.2 Å². The van der Waals surface area contributed by atoms with E-state index in [2.05, 4.69) is 31.0 Å². The minimum Gasteiger partial charge on any atom is -0.494 e. The molecule has 2 amide bonds. The first-order valence-corrected chi connectivity index (χ1v) is 13.3. The first-order valence-electron chi connectivity index (χ1n) is 13.2. The summed E-state index contributed by atoms with van der Waals surface area (Å²) in [6, 6.07) is 6.28. The maximum atomic E-state index is 12.7. The van der Waals surface area contributed by atoms with Crippen molar-refractivity contribution >= 4 is 39.0 Å². The van der Waals surface area contributed by atoms with Gasteiger partial charge in [0.25, 0.3) is 5.91 Å². The molecule has 2 aliphatic rings. The Hall–Kier alpha value is -4.11. The van der Waals surface area contributed by atoms with Gasteiger partial charge in [0.05, 0.1) is 36.3 Å². The molecule has 0 unspecified atom stereocenters. The molecular formula is C23H26N8O6S. The Balaban J connectivity index is 1.45. The fourth-order valence-electron chi connectivity index (χ4n) is 3.97. The molecule has 2 aromatic heterocycles. The van der Waals surface area contributed by atoms with E-state index in [1.54, 1.807) is 18.2 Å².